The molecule has 4 heteroatoms. The second-order valence-electron chi connectivity index (χ2n) is 4.41. The number of carbonyl (C=O) groups excluding carboxylic acids is 1. The summed E-state index contributed by atoms with van der Waals surface area (Å²) in [7, 11) is 0. The van der Waals surface area contributed by atoms with Gasteiger partial charge in [-0.05, 0) is 24.3 Å². The van der Waals surface area contributed by atoms with Gasteiger partial charge in [0, 0.05) is 11.4 Å². The molecule has 1 saturated carbocycles. The Morgan fingerprint density at radius 1 is 1.38 bits per heavy atom. The Morgan fingerprint density at radius 2 is 2.19 bits per heavy atom. The van der Waals surface area contributed by atoms with Crippen molar-refractivity contribution in [2.75, 3.05) is 5.32 Å². The van der Waals surface area contributed by atoms with E-state index in [4.69, 9.17) is 5.73 Å². The molecule has 1 aromatic rings. The lowest BCUT2D eigenvalue weighted by molar-refractivity contribution is -0.120. The summed E-state index contributed by atoms with van der Waals surface area (Å²) in [5.74, 6) is 0.0789. The molecule has 3 nitrogen and oxygen atoms in total. The second kappa shape index (κ2) is 5.46. The molecule has 3 N–H and O–H groups in total. The molecule has 2 rings (SSSR count). The lowest BCUT2D eigenvalue weighted by atomic mass is 9.94. The van der Waals surface area contributed by atoms with Gasteiger partial charge < -0.3 is 11.1 Å². The topological polar surface area (TPSA) is 55.1 Å². The number of thiophene rings is 1. The molecule has 1 fully saturated rings. The fourth-order valence-electron chi connectivity index (χ4n) is 2.23. The minimum Gasteiger partial charge on any atom is -0.327 e. The molecule has 1 aliphatic carbocycles. The van der Waals surface area contributed by atoms with Crippen LogP contribution in [0.25, 0.3) is 0 Å². The van der Waals surface area contributed by atoms with Crippen molar-refractivity contribution < 1.29 is 4.79 Å². The molecule has 1 aromatic heterocycles. The maximum absolute atomic E-state index is 12.0. The maximum atomic E-state index is 12.0. The molecule has 0 saturated heterocycles. The summed E-state index contributed by atoms with van der Waals surface area (Å²) >= 11 is 1.59. The lowest BCUT2D eigenvalue weighted by Gasteiger charge is -2.20. The highest BCUT2D eigenvalue weighted by atomic mass is 32.1. The van der Waals surface area contributed by atoms with Crippen molar-refractivity contribution in [1.29, 1.82) is 0 Å². The zero-order valence-electron chi connectivity index (χ0n) is 9.32. The average Bonchev–Trinajstić information content (AvgIpc) is 2.66. The quantitative estimate of drug-likeness (QED) is 0.778. The van der Waals surface area contributed by atoms with E-state index < -0.39 is 0 Å². The van der Waals surface area contributed by atoms with Gasteiger partial charge in [0.1, 0.15) is 0 Å². The number of anilines is 1. The van der Waals surface area contributed by atoms with Gasteiger partial charge in [-0.3, -0.25) is 4.79 Å². The van der Waals surface area contributed by atoms with Crippen molar-refractivity contribution in [3.63, 3.8) is 0 Å². The molecule has 1 amide bonds. The van der Waals surface area contributed by atoms with Crippen LogP contribution in [0.15, 0.2) is 16.8 Å². The van der Waals surface area contributed by atoms with Crippen LogP contribution >= 0.6 is 11.3 Å². The summed E-state index contributed by atoms with van der Waals surface area (Å²) in [5.41, 5.74) is 6.95. The largest absolute Gasteiger partial charge is 0.327 e. The number of nitrogens with one attached hydrogen (secondary N) is 1. The van der Waals surface area contributed by atoms with Gasteiger partial charge in [-0.1, -0.05) is 19.3 Å². The minimum atomic E-state index is -0.0117. The molecule has 1 heterocycles. The van der Waals surface area contributed by atoms with Crippen LogP contribution in [0.5, 0.6) is 0 Å². The van der Waals surface area contributed by atoms with Crippen LogP contribution in [-0.2, 0) is 4.79 Å². The summed E-state index contributed by atoms with van der Waals surface area (Å²) in [6.45, 7) is 0. The van der Waals surface area contributed by atoms with Crippen molar-refractivity contribution in [3.05, 3.63) is 16.8 Å². The predicted octanol–water partition coefficient (Wildman–Crippen LogP) is 2.59. The number of hydrogen-bond acceptors (Lipinski definition) is 3. The smallest absolute Gasteiger partial charge is 0.229 e. The van der Waals surface area contributed by atoms with Gasteiger partial charge in [0.25, 0.3) is 0 Å². The van der Waals surface area contributed by atoms with Gasteiger partial charge in [0.15, 0.2) is 0 Å². The Kier molecular flexibility index (Phi) is 3.96. The van der Waals surface area contributed by atoms with E-state index in [2.05, 4.69) is 5.32 Å². The van der Waals surface area contributed by atoms with Crippen molar-refractivity contribution in [2.45, 2.75) is 38.1 Å². The van der Waals surface area contributed by atoms with E-state index in [0.29, 0.717) is 0 Å². The number of hydrogen-bond donors (Lipinski definition) is 2. The van der Waals surface area contributed by atoms with Crippen LogP contribution in [0.4, 0.5) is 5.69 Å². The van der Waals surface area contributed by atoms with Crippen molar-refractivity contribution in [3.8, 4) is 0 Å². The molecule has 2 unspecified atom stereocenters. The summed E-state index contributed by atoms with van der Waals surface area (Å²) in [6, 6.07) is 1.95. The molecule has 16 heavy (non-hydrogen) atoms. The summed E-state index contributed by atoms with van der Waals surface area (Å²) in [6.07, 6.45) is 5.38. The Hall–Kier alpha value is -0.870. The molecule has 1 aliphatic rings. The SMILES string of the molecule is NC1CCCCCC1C(=O)Nc1ccsc1. The van der Waals surface area contributed by atoms with E-state index in [1.165, 1.54) is 6.42 Å². The fourth-order valence-corrected chi connectivity index (χ4v) is 2.82. The third-order valence-electron chi connectivity index (χ3n) is 3.19. The van der Waals surface area contributed by atoms with Crippen LogP contribution in [0.3, 0.4) is 0 Å². The van der Waals surface area contributed by atoms with E-state index in [1.54, 1.807) is 11.3 Å². The monoisotopic (exact) mass is 238 g/mol. The standard InChI is InChI=1S/C12H18N2OS/c13-11-5-3-1-2-4-10(11)12(15)14-9-6-7-16-8-9/h6-8,10-11H,1-5,13H2,(H,14,15). The molecule has 0 aliphatic heterocycles. The van der Waals surface area contributed by atoms with Crippen LogP contribution < -0.4 is 11.1 Å². The highest BCUT2D eigenvalue weighted by molar-refractivity contribution is 7.08. The molecule has 88 valence electrons. The third kappa shape index (κ3) is 2.83. The first-order chi connectivity index (χ1) is 7.77. The van der Waals surface area contributed by atoms with Crippen molar-refractivity contribution in [1.82, 2.24) is 0 Å². The van der Waals surface area contributed by atoms with Crippen molar-refractivity contribution >= 4 is 22.9 Å². The molecular formula is C12H18N2OS. The highest BCUT2D eigenvalue weighted by Crippen LogP contribution is 2.24. The van der Waals surface area contributed by atoms with Crippen LogP contribution in [0, 0.1) is 5.92 Å². The summed E-state index contributed by atoms with van der Waals surface area (Å²) < 4.78 is 0. The van der Waals surface area contributed by atoms with Crippen LogP contribution in [0.2, 0.25) is 0 Å². The first-order valence-corrected chi connectivity index (χ1v) is 6.80. The zero-order valence-corrected chi connectivity index (χ0v) is 10.1. The first-order valence-electron chi connectivity index (χ1n) is 5.86. The Balaban J connectivity index is 1.97. The summed E-state index contributed by atoms with van der Waals surface area (Å²) in [4.78, 5) is 12.0. The van der Waals surface area contributed by atoms with Gasteiger partial charge in [-0.2, -0.15) is 11.3 Å². The van der Waals surface area contributed by atoms with Gasteiger partial charge >= 0.3 is 0 Å². The lowest BCUT2D eigenvalue weighted by Crippen LogP contribution is -2.37. The molecule has 0 spiro atoms. The number of rotatable bonds is 2. The number of carbonyl (C=O) groups is 1. The normalized spacial score (nSPS) is 26.1. The van der Waals surface area contributed by atoms with E-state index in [1.807, 2.05) is 16.8 Å². The molecule has 2 atom stereocenters. The number of nitrogens with two attached hydrogens (primary N) is 1. The van der Waals surface area contributed by atoms with E-state index in [0.717, 1.165) is 31.4 Å². The van der Waals surface area contributed by atoms with Gasteiger partial charge in [-0.25, -0.2) is 0 Å². The Bertz CT molecular complexity index is 337. The van der Waals surface area contributed by atoms with Crippen molar-refractivity contribution in [2.24, 2.45) is 11.7 Å². The molecular weight excluding hydrogens is 220 g/mol. The van der Waals surface area contributed by atoms with E-state index in [-0.39, 0.29) is 17.9 Å². The fraction of sp³-hybridized carbons (Fsp3) is 0.583. The van der Waals surface area contributed by atoms with Crippen LogP contribution in [-0.4, -0.2) is 11.9 Å². The highest BCUT2D eigenvalue weighted by Gasteiger charge is 2.26. The molecule has 0 bridgehead atoms. The maximum Gasteiger partial charge on any atom is 0.229 e. The second-order valence-corrected chi connectivity index (χ2v) is 5.19. The third-order valence-corrected chi connectivity index (χ3v) is 3.88. The van der Waals surface area contributed by atoms with Gasteiger partial charge in [-0.15, -0.1) is 0 Å². The first kappa shape index (κ1) is 11.6. The Morgan fingerprint density at radius 3 is 2.94 bits per heavy atom. The average molecular weight is 238 g/mol. The summed E-state index contributed by atoms with van der Waals surface area (Å²) in [5, 5.41) is 6.85. The predicted molar refractivity (Wildman–Crippen MR) is 67.5 cm³/mol. The zero-order chi connectivity index (χ0) is 11.4. The van der Waals surface area contributed by atoms with Gasteiger partial charge in [0.2, 0.25) is 5.91 Å². The van der Waals surface area contributed by atoms with E-state index in [9.17, 15) is 4.79 Å². The number of amides is 1. The van der Waals surface area contributed by atoms with Gasteiger partial charge in [0.05, 0.1) is 11.6 Å². The van der Waals surface area contributed by atoms with E-state index >= 15 is 0 Å². The molecule has 0 aromatic carbocycles. The molecule has 0 radical (unpaired) electrons. The van der Waals surface area contributed by atoms with Crippen LogP contribution in [0.1, 0.15) is 32.1 Å². The Labute approximate surface area is 100 Å². The minimum absolute atomic E-state index is 0.0117.